The molecule has 0 N–H and O–H groups in total. The molecule has 8 nitrogen and oxygen atoms in total. The predicted octanol–water partition coefficient (Wildman–Crippen LogP) is 10.6. The Morgan fingerprint density at radius 1 is 0.586 bits per heavy atom. The van der Waals surface area contributed by atoms with Gasteiger partial charge in [0.05, 0.1) is 45.9 Å². The summed E-state index contributed by atoms with van der Waals surface area (Å²) in [5, 5.41) is 28.1. The number of para-hydroxylation sites is 4. The van der Waals surface area contributed by atoms with E-state index < -0.39 is 0 Å². The minimum Gasteiger partial charge on any atom is -0.871 e. The van der Waals surface area contributed by atoms with E-state index in [1.807, 2.05) is 168 Å². The van der Waals surface area contributed by atoms with Crippen molar-refractivity contribution in [1.29, 1.82) is 0 Å². The number of benzene rings is 4. The molecule has 294 valence electrons. The lowest BCUT2D eigenvalue weighted by atomic mass is 9.84. The van der Waals surface area contributed by atoms with Gasteiger partial charge in [0.25, 0.3) is 0 Å². The van der Waals surface area contributed by atoms with E-state index in [2.05, 4.69) is 23.0 Å². The Kier molecular flexibility index (Phi) is 13.4. The molecule has 4 aromatic carbocycles. The SMILES string of the molecule is CCCCCCn1c(/C=N/N(c2ccccc2)c2ccccc2)ccc1C1=C([O-])/C(=C2/C=CC(/C=N/N(c3ccccc3)c3ccccc3)=[N+]2CCCCCC)C1=O. The third-order valence-electron chi connectivity index (χ3n) is 10.5. The predicted molar refractivity (Wildman–Crippen MR) is 237 cm³/mol. The van der Waals surface area contributed by atoms with Crippen molar-refractivity contribution in [1.82, 2.24) is 4.57 Å². The Labute approximate surface area is 342 Å². The topological polar surface area (TPSA) is 79.3 Å². The van der Waals surface area contributed by atoms with Gasteiger partial charge in [-0.3, -0.25) is 4.79 Å². The summed E-state index contributed by atoms with van der Waals surface area (Å²) in [4.78, 5) is 14.3. The summed E-state index contributed by atoms with van der Waals surface area (Å²) < 4.78 is 4.19. The van der Waals surface area contributed by atoms with Crippen molar-refractivity contribution < 1.29 is 14.5 Å². The summed E-state index contributed by atoms with van der Waals surface area (Å²) in [5.74, 6) is -0.439. The van der Waals surface area contributed by atoms with E-state index in [9.17, 15) is 9.90 Å². The van der Waals surface area contributed by atoms with Crippen LogP contribution >= 0.6 is 0 Å². The fourth-order valence-electron chi connectivity index (χ4n) is 7.46. The van der Waals surface area contributed by atoms with E-state index in [0.29, 0.717) is 24.5 Å². The van der Waals surface area contributed by atoms with E-state index in [1.54, 1.807) is 0 Å². The molecule has 1 aliphatic carbocycles. The molecule has 0 radical (unpaired) electrons. The largest absolute Gasteiger partial charge is 0.871 e. The zero-order valence-corrected chi connectivity index (χ0v) is 33.6. The summed E-state index contributed by atoms with van der Waals surface area (Å²) >= 11 is 0. The summed E-state index contributed by atoms with van der Waals surface area (Å²) in [5.41, 5.74) is 7.16. The number of nitrogens with zero attached hydrogens (tertiary/aromatic N) is 6. The first-order chi connectivity index (χ1) is 28.6. The Hall–Kier alpha value is -6.54. The van der Waals surface area contributed by atoms with Crippen LogP contribution in [-0.4, -0.2) is 39.6 Å². The lowest BCUT2D eigenvalue weighted by Crippen LogP contribution is -2.33. The lowest BCUT2D eigenvalue weighted by Gasteiger charge is -2.31. The second kappa shape index (κ2) is 19.6. The van der Waals surface area contributed by atoms with Gasteiger partial charge in [0.2, 0.25) is 17.2 Å². The van der Waals surface area contributed by atoms with Crippen molar-refractivity contribution >= 4 is 52.2 Å². The average molecular weight is 769 g/mol. The number of hydrazone groups is 2. The van der Waals surface area contributed by atoms with Gasteiger partial charge >= 0.3 is 0 Å². The fourth-order valence-corrected chi connectivity index (χ4v) is 7.46. The number of ketones is 1. The Morgan fingerprint density at radius 3 is 1.59 bits per heavy atom. The van der Waals surface area contributed by atoms with Gasteiger partial charge in [-0.25, -0.2) is 10.0 Å². The quantitative estimate of drug-likeness (QED) is 0.0275. The van der Waals surface area contributed by atoms with Crippen molar-refractivity contribution in [2.75, 3.05) is 16.6 Å². The number of allylic oxidation sites excluding steroid dienone is 4. The first-order valence-electron chi connectivity index (χ1n) is 20.7. The van der Waals surface area contributed by atoms with Crippen molar-refractivity contribution in [2.45, 2.75) is 71.8 Å². The zero-order valence-electron chi connectivity index (χ0n) is 33.6. The third-order valence-corrected chi connectivity index (χ3v) is 10.5. The number of hydrogen-bond acceptors (Lipinski definition) is 6. The Morgan fingerprint density at radius 2 is 1.09 bits per heavy atom. The number of hydrogen-bond donors (Lipinski definition) is 0. The molecule has 2 heterocycles. The minimum absolute atomic E-state index is 0.219. The number of rotatable bonds is 19. The molecular formula is C50H52N6O2. The first-order valence-corrected chi connectivity index (χ1v) is 20.7. The van der Waals surface area contributed by atoms with E-state index in [1.165, 1.54) is 0 Å². The van der Waals surface area contributed by atoms with Crippen LogP contribution in [0.2, 0.25) is 0 Å². The molecule has 0 fully saturated rings. The number of unbranched alkanes of at least 4 members (excludes halogenated alkanes) is 6. The highest BCUT2D eigenvalue weighted by Gasteiger charge is 2.38. The number of anilines is 4. The van der Waals surface area contributed by atoms with Gasteiger partial charge in [0.15, 0.2) is 0 Å². The summed E-state index contributed by atoms with van der Waals surface area (Å²) in [6, 6.07) is 44.0. The molecule has 1 aromatic heterocycles. The van der Waals surface area contributed by atoms with Crippen molar-refractivity contribution in [2.24, 2.45) is 10.2 Å². The van der Waals surface area contributed by atoms with Gasteiger partial charge in [-0.1, -0.05) is 125 Å². The van der Waals surface area contributed by atoms with E-state index in [-0.39, 0.29) is 22.7 Å². The van der Waals surface area contributed by atoms with Crippen molar-refractivity contribution in [3.05, 3.63) is 174 Å². The lowest BCUT2D eigenvalue weighted by molar-refractivity contribution is -0.468. The molecule has 8 heteroatoms. The van der Waals surface area contributed by atoms with Gasteiger partial charge in [-0.2, -0.15) is 14.8 Å². The number of aromatic nitrogens is 1. The van der Waals surface area contributed by atoms with Crippen molar-refractivity contribution in [3.8, 4) is 0 Å². The second-order valence-corrected chi connectivity index (χ2v) is 14.6. The summed E-state index contributed by atoms with van der Waals surface area (Å²) in [6.07, 6.45) is 16.0. The van der Waals surface area contributed by atoms with Crippen LogP contribution in [0, 0.1) is 0 Å². The van der Waals surface area contributed by atoms with Crippen LogP contribution < -0.4 is 15.1 Å². The number of Topliss-reactive ketones (excluding diaryl/α,β-unsaturated/α-hetero) is 1. The maximum Gasteiger partial charge on any atom is 0.226 e. The molecule has 0 saturated heterocycles. The van der Waals surface area contributed by atoms with Crippen LogP contribution in [0.5, 0.6) is 0 Å². The highest BCUT2D eigenvalue weighted by Crippen LogP contribution is 2.39. The third kappa shape index (κ3) is 9.02. The zero-order chi connectivity index (χ0) is 40.1. The molecule has 0 spiro atoms. The monoisotopic (exact) mass is 768 g/mol. The van der Waals surface area contributed by atoms with E-state index in [4.69, 9.17) is 10.2 Å². The van der Waals surface area contributed by atoms with Gasteiger partial charge in [0.1, 0.15) is 12.8 Å². The molecule has 58 heavy (non-hydrogen) atoms. The van der Waals surface area contributed by atoms with Crippen LogP contribution in [0.4, 0.5) is 22.7 Å². The van der Waals surface area contributed by atoms with Gasteiger partial charge in [-0.05, 0) is 73.5 Å². The van der Waals surface area contributed by atoms with Crippen molar-refractivity contribution in [3.63, 3.8) is 0 Å². The summed E-state index contributed by atoms with van der Waals surface area (Å²) in [7, 11) is 0. The second-order valence-electron chi connectivity index (χ2n) is 14.6. The molecule has 0 saturated carbocycles. The van der Waals surface area contributed by atoms with Crippen LogP contribution in [0.3, 0.4) is 0 Å². The molecule has 1 aliphatic heterocycles. The molecule has 7 rings (SSSR count). The molecular weight excluding hydrogens is 717 g/mol. The smallest absolute Gasteiger partial charge is 0.226 e. The minimum atomic E-state index is -0.219. The molecule has 2 aliphatic rings. The van der Waals surface area contributed by atoms with Gasteiger partial charge < -0.3 is 9.67 Å². The first kappa shape index (κ1) is 39.7. The molecule has 0 atom stereocenters. The van der Waals surface area contributed by atoms with Crippen LogP contribution in [0.1, 0.15) is 76.6 Å². The maximum atomic E-state index is 14.3. The van der Waals surface area contributed by atoms with E-state index in [0.717, 1.165) is 85.5 Å². The fraction of sp³-hybridized carbons (Fsp3) is 0.240. The molecule has 0 amide bonds. The molecule has 0 unspecified atom stereocenters. The summed E-state index contributed by atoms with van der Waals surface area (Å²) in [6.45, 7) is 5.74. The number of carbonyl (C=O) groups is 1. The molecule has 0 bridgehead atoms. The van der Waals surface area contributed by atoms with Gasteiger partial charge in [0, 0.05) is 30.7 Å². The van der Waals surface area contributed by atoms with Crippen LogP contribution in [-0.2, 0) is 11.3 Å². The maximum absolute atomic E-state index is 14.3. The standard InChI is InChI=1S/C50H52N6O2/c1-3-5-7-21-35-53-43(37-51-55(39-23-13-9-14-24-39)40-25-15-10-16-26-40)31-33-45(53)47-49(57)48(50(47)58)46-34-32-44(54(46)36-22-8-6-4-2)38-52-56(41-27-17-11-18-28-41)42-29-19-12-20-30-42/h9-20,23-34,37-38H,3-8,21-22,35-36H2,1-2H3. The highest BCUT2D eigenvalue weighted by atomic mass is 16.3. The Balaban J connectivity index is 1.24. The van der Waals surface area contributed by atoms with Crippen LogP contribution in [0.15, 0.2) is 173 Å². The average Bonchev–Trinajstić information content (AvgIpc) is 3.85. The Bertz CT molecular complexity index is 2260. The van der Waals surface area contributed by atoms with Gasteiger partial charge in [-0.15, -0.1) is 0 Å². The molecule has 5 aromatic rings. The van der Waals surface area contributed by atoms with E-state index >= 15 is 0 Å². The van der Waals surface area contributed by atoms with Crippen LogP contribution in [0.25, 0.3) is 5.57 Å². The normalized spacial score (nSPS) is 15.3. The highest BCUT2D eigenvalue weighted by molar-refractivity contribution is 6.39. The number of carbonyl (C=O) groups excluding carboxylic acids is 1.